The highest BCUT2D eigenvalue weighted by atomic mass is 14.9. The molecule has 0 radical (unpaired) electrons. The number of aromatic amines is 1. The number of H-pyrrole nitrogens is 1. The van der Waals surface area contributed by atoms with Crippen molar-refractivity contribution in [2.24, 2.45) is 0 Å². The number of nitrogens with one attached hydrogen (secondary N) is 1. The third-order valence-electron chi connectivity index (χ3n) is 1.54. The Balaban J connectivity index is 0.000000336. The molecule has 0 aromatic carbocycles. The highest BCUT2D eigenvalue weighted by molar-refractivity contribution is 5.76. The van der Waals surface area contributed by atoms with E-state index < -0.39 is 0 Å². The Morgan fingerprint density at radius 2 is 2.00 bits per heavy atom. The highest BCUT2D eigenvalue weighted by Gasteiger charge is 1.96. The summed E-state index contributed by atoms with van der Waals surface area (Å²) in [6, 6.07) is 1.93. The molecule has 2 aromatic rings. The van der Waals surface area contributed by atoms with E-state index in [-0.39, 0.29) is 0 Å². The van der Waals surface area contributed by atoms with Gasteiger partial charge in [0.2, 0.25) is 0 Å². The van der Waals surface area contributed by atoms with Crippen molar-refractivity contribution in [1.82, 2.24) is 15.0 Å². The number of hydrogen-bond donors (Lipinski definition) is 1. The number of hydrogen-bond acceptors (Lipinski definition) is 2. The molecule has 0 aliphatic carbocycles. The van der Waals surface area contributed by atoms with E-state index in [1.54, 1.807) is 6.33 Å². The van der Waals surface area contributed by atoms with Crippen LogP contribution in [0.3, 0.4) is 0 Å². The minimum atomic E-state index is 0.979. The van der Waals surface area contributed by atoms with Crippen molar-refractivity contribution in [2.45, 2.75) is 20.8 Å². The van der Waals surface area contributed by atoms with Crippen LogP contribution in [0.15, 0.2) is 18.6 Å². The molecular formula is C9H13N3. The largest absolute Gasteiger partial charge is 0.358 e. The van der Waals surface area contributed by atoms with Crippen molar-refractivity contribution in [3.63, 3.8) is 0 Å². The zero-order chi connectivity index (χ0) is 8.97. The molecule has 0 fully saturated rings. The molecule has 0 spiro atoms. The number of fused-ring (bicyclic) bond motifs is 1. The van der Waals surface area contributed by atoms with E-state index in [9.17, 15) is 0 Å². The SMILES string of the molecule is CC.Cc1ncnc2cc[nH]c12. The Morgan fingerprint density at radius 1 is 1.25 bits per heavy atom. The summed E-state index contributed by atoms with van der Waals surface area (Å²) in [5.41, 5.74) is 3.00. The van der Waals surface area contributed by atoms with Gasteiger partial charge in [-0.15, -0.1) is 0 Å². The van der Waals surface area contributed by atoms with Gasteiger partial charge in [0.1, 0.15) is 6.33 Å². The van der Waals surface area contributed by atoms with Crippen LogP contribution in [0, 0.1) is 6.92 Å². The first-order valence-corrected chi connectivity index (χ1v) is 4.12. The molecule has 0 aliphatic rings. The van der Waals surface area contributed by atoms with E-state index in [1.165, 1.54) is 0 Å². The molecule has 1 N–H and O–H groups in total. The second-order valence-electron chi connectivity index (χ2n) is 2.20. The molecule has 3 nitrogen and oxygen atoms in total. The molecule has 0 saturated carbocycles. The van der Waals surface area contributed by atoms with Gasteiger partial charge in [0.05, 0.1) is 16.7 Å². The van der Waals surface area contributed by atoms with Gasteiger partial charge in [0.15, 0.2) is 0 Å². The van der Waals surface area contributed by atoms with E-state index >= 15 is 0 Å². The second kappa shape index (κ2) is 3.85. The Bertz CT molecular complexity index is 351. The Morgan fingerprint density at radius 3 is 2.67 bits per heavy atom. The predicted molar refractivity (Wildman–Crippen MR) is 50.0 cm³/mol. The lowest BCUT2D eigenvalue weighted by Crippen LogP contribution is -1.83. The second-order valence-corrected chi connectivity index (χ2v) is 2.20. The number of aromatic nitrogens is 3. The standard InChI is InChI=1S/C7H7N3.C2H6/c1-5-7-6(2-3-8-7)10-4-9-5;1-2/h2-4,8H,1H3;1-2H3. The van der Waals surface area contributed by atoms with Gasteiger partial charge in [0.25, 0.3) is 0 Å². The van der Waals surface area contributed by atoms with Crippen molar-refractivity contribution >= 4 is 11.0 Å². The third-order valence-corrected chi connectivity index (χ3v) is 1.54. The van der Waals surface area contributed by atoms with Gasteiger partial charge in [-0.3, -0.25) is 0 Å². The fourth-order valence-electron chi connectivity index (χ4n) is 1.00. The fourth-order valence-corrected chi connectivity index (χ4v) is 1.00. The lowest BCUT2D eigenvalue weighted by molar-refractivity contribution is 1.14. The summed E-state index contributed by atoms with van der Waals surface area (Å²) in [5, 5.41) is 0. The first-order chi connectivity index (χ1) is 5.88. The quantitative estimate of drug-likeness (QED) is 0.647. The average molecular weight is 163 g/mol. The first-order valence-electron chi connectivity index (χ1n) is 4.12. The van der Waals surface area contributed by atoms with Crippen molar-refractivity contribution in [1.29, 1.82) is 0 Å². The molecule has 0 saturated heterocycles. The number of nitrogens with zero attached hydrogens (tertiary/aromatic N) is 2. The molecule has 0 unspecified atom stereocenters. The molecule has 64 valence electrons. The molecule has 2 rings (SSSR count). The van der Waals surface area contributed by atoms with Crippen LogP contribution >= 0.6 is 0 Å². The van der Waals surface area contributed by atoms with Crippen LogP contribution in [0.1, 0.15) is 19.5 Å². The van der Waals surface area contributed by atoms with Crippen molar-refractivity contribution in [3.8, 4) is 0 Å². The van der Waals surface area contributed by atoms with Crippen LogP contribution in [0.4, 0.5) is 0 Å². The maximum absolute atomic E-state index is 4.06. The van der Waals surface area contributed by atoms with E-state index in [0.717, 1.165) is 16.7 Å². The van der Waals surface area contributed by atoms with Crippen molar-refractivity contribution in [3.05, 3.63) is 24.3 Å². The van der Waals surface area contributed by atoms with Crippen LogP contribution in [-0.4, -0.2) is 15.0 Å². The maximum atomic E-state index is 4.06. The van der Waals surface area contributed by atoms with Gasteiger partial charge >= 0.3 is 0 Å². The molecule has 0 aliphatic heterocycles. The topological polar surface area (TPSA) is 41.6 Å². The molecule has 0 amide bonds. The van der Waals surface area contributed by atoms with Crippen molar-refractivity contribution < 1.29 is 0 Å². The third kappa shape index (κ3) is 1.44. The van der Waals surface area contributed by atoms with Gasteiger partial charge < -0.3 is 4.98 Å². The summed E-state index contributed by atoms with van der Waals surface area (Å²) in [5.74, 6) is 0. The lowest BCUT2D eigenvalue weighted by atomic mass is 10.4. The van der Waals surface area contributed by atoms with Crippen LogP contribution in [0.2, 0.25) is 0 Å². The zero-order valence-electron chi connectivity index (χ0n) is 7.63. The van der Waals surface area contributed by atoms with Crippen LogP contribution in [0.5, 0.6) is 0 Å². The van der Waals surface area contributed by atoms with E-state index in [2.05, 4.69) is 15.0 Å². The Hall–Kier alpha value is -1.38. The average Bonchev–Trinajstić information content (AvgIpc) is 2.57. The summed E-state index contributed by atoms with van der Waals surface area (Å²) in [7, 11) is 0. The summed E-state index contributed by atoms with van der Waals surface area (Å²) >= 11 is 0. The van der Waals surface area contributed by atoms with E-state index in [4.69, 9.17) is 0 Å². The smallest absolute Gasteiger partial charge is 0.116 e. The van der Waals surface area contributed by atoms with Gasteiger partial charge in [0, 0.05) is 6.20 Å². The molecule has 2 aromatic heterocycles. The Labute approximate surface area is 71.9 Å². The molecular weight excluding hydrogens is 150 g/mol. The summed E-state index contributed by atoms with van der Waals surface area (Å²) in [6.45, 7) is 5.96. The summed E-state index contributed by atoms with van der Waals surface area (Å²) in [4.78, 5) is 11.2. The predicted octanol–water partition coefficient (Wildman–Crippen LogP) is 2.29. The highest BCUT2D eigenvalue weighted by Crippen LogP contribution is 2.09. The van der Waals surface area contributed by atoms with Crippen molar-refractivity contribution in [2.75, 3.05) is 0 Å². The van der Waals surface area contributed by atoms with E-state index in [0.29, 0.717) is 0 Å². The molecule has 0 atom stereocenters. The van der Waals surface area contributed by atoms with Crippen LogP contribution in [0.25, 0.3) is 11.0 Å². The first kappa shape index (κ1) is 8.71. The van der Waals surface area contributed by atoms with Gasteiger partial charge in [-0.2, -0.15) is 0 Å². The molecule has 2 heterocycles. The van der Waals surface area contributed by atoms with E-state index in [1.807, 2.05) is 33.0 Å². The van der Waals surface area contributed by atoms with Gasteiger partial charge in [-0.25, -0.2) is 9.97 Å². The minimum absolute atomic E-state index is 0.979. The molecule has 12 heavy (non-hydrogen) atoms. The summed E-state index contributed by atoms with van der Waals surface area (Å²) in [6.07, 6.45) is 3.44. The molecule has 3 heteroatoms. The fraction of sp³-hybridized carbons (Fsp3) is 0.333. The monoisotopic (exact) mass is 163 g/mol. The normalized spacial score (nSPS) is 9.25. The molecule has 0 bridgehead atoms. The van der Waals surface area contributed by atoms with Crippen LogP contribution in [-0.2, 0) is 0 Å². The zero-order valence-corrected chi connectivity index (χ0v) is 7.63. The number of aryl methyl sites for hydroxylation is 1. The maximum Gasteiger partial charge on any atom is 0.116 e. The lowest BCUT2D eigenvalue weighted by Gasteiger charge is -1.90. The van der Waals surface area contributed by atoms with Crippen LogP contribution < -0.4 is 0 Å². The minimum Gasteiger partial charge on any atom is -0.358 e. The number of rotatable bonds is 0. The summed E-state index contributed by atoms with van der Waals surface area (Å²) < 4.78 is 0. The van der Waals surface area contributed by atoms with Gasteiger partial charge in [-0.1, -0.05) is 13.8 Å². The Kier molecular flexibility index (Phi) is 2.80. The van der Waals surface area contributed by atoms with Gasteiger partial charge in [-0.05, 0) is 13.0 Å².